The lowest BCUT2D eigenvalue weighted by Gasteiger charge is -2.16. The number of benzene rings is 2. The maximum Gasteiger partial charge on any atom is 0.265 e. The van der Waals surface area contributed by atoms with Gasteiger partial charge >= 0.3 is 0 Å². The second-order valence-electron chi connectivity index (χ2n) is 4.30. The Morgan fingerprint density at radius 3 is 2.57 bits per heavy atom. The lowest BCUT2D eigenvalue weighted by molar-refractivity contribution is -0.122. The Kier molecular flexibility index (Phi) is 5.04. The molecular weight excluding hydrogens is 316 g/mol. The summed E-state index contributed by atoms with van der Waals surface area (Å²) >= 11 is 11.8. The van der Waals surface area contributed by atoms with E-state index < -0.39 is 17.8 Å². The van der Waals surface area contributed by atoms with Crippen LogP contribution in [0.3, 0.4) is 0 Å². The monoisotopic (exact) mass is 327 g/mol. The number of nitrogens with one attached hydrogen (secondary N) is 1. The van der Waals surface area contributed by atoms with Crippen molar-refractivity contribution in [1.82, 2.24) is 0 Å². The fraction of sp³-hybridized carbons (Fsp3) is 0.133. The van der Waals surface area contributed by atoms with Gasteiger partial charge in [0, 0.05) is 0 Å². The molecule has 0 saturated heterocycles. The predicted octanol–water partition coefficient (Wildman–Crippen LogP) is 4.54. The number of carbonyl (C=O) groups is 1. The standard InChI is InChI=1S/C15H12Cl2FNO2/c1-9(21-14-5-3-2-4-11(14)16)15(20)19-13-7-6-10(18)8-12(13)17/h2-9H,1H3,(H,19,20)/t9-/m1/s1. The van der Waals surface area contributed by atoms with E-state index in [0.717, 1.165) is 6.07 Å². The molecule has 2 rings (SSSR count). The third kappa shape index (κ3) is 4.09. The van der Waals surface area contributed by atoms with E-state index in [2.05, 4.69) is 5.32 Å². The van der Waals surface area contributed by atoms with Crippen molar-refractivity contribution >= 4 is 34.8 Å². The van der Waals surface area contributed by atoms with Crippen LogP contribution in [0.15, 0.2) is 42.5 Å². The van der Waals surface area contributed by atoms with Crippen molar-refractivity contribution in [1.29, 1.82) is 0 Å². The number of para-hydroxylation sites is 1. The van der Waals surface area contributed by atoms with Gasteiger partial charge in [0.1, 0.15) is 11.6 Å². The highest BCUT2D eigenvalue weighted by Crippen LogP contribution is 2.25. The van der Waals surface area contributed by atoms with Crippen molar-refractivity contribution in [3.63, 3.8) is 0 Å². The SMILES string of the molecule is C[C@@H](Oc1ccccc1Cl)C(=O)Nc1ccc(F)cc1Cl. The molecule has 0 radical (unpaired) electrons. The lowest BCUT2D eigenvalue weighted by Crippen LogP contribution is -2.30. The molecule has 0 saturated carbocycles. The summed E-state index contributed by atoms with van der Waals surface area (Å²) in [6.45, 7) is 1.58. The first-order valence-corrected chi connectivity index (χ1v) is 6.90. The van der Waals surface area contributed by atoms with Gasteiger partial charge in [-0.2, -0.15) is 0 Å². The van der Waals surface area contributed by atoms with E-state index in [4.69, 9.17) is 27.9 Å². The molecule has 3 nitrogen and oxygen atoms in total. The van der Waals surface area contributed by atoms with Crippen molar-refractivity contribution in [3.05, 3.63) is 58.3 Å². The molecule has 21 heavy (non-hydrogen) atoms. The highest BCUT2D eigenvalue weighted by molar-refractivity contribution is 6.33. The first-order chi connectivity index (χ1) is 9.97. The minimum Gasteiger partial charge on any atom is -0.479 e. The Morgan fingerprint density at radius 1 is 1.19 bits per heavy atom. The van der Waals surface area contributed by atoms with Crippen LogP contribution in [-0.2, 0) is 4.79 Å². The minimum atomic E-state index is -0.786. The van der Waals surface area contributed by atoms with Crippen LogP contribution in [0.5, 0.6) is 5.75 Å². The average molecular weight is 328 g/mol. The number of ether oxygens (including phenoxy) is 1. The fourth-order valence-corrected chi connectivity index (χ4v) is 2.00. The molecule has 0 bridgehead atoms. The molecule has 2 aromatic carbocycles. The van der Waals surface area contributed by atoms with Gasteiger partial charge < -0.3 is 10.1 Å². The van der Waals surface area contributed by atoms with Crippen LogP contribution in [0.25, 0.3) is 0 Å². The molecule has 1 atom stereocenters. The van der Waals surface area contributed by atoms with Gasteiger partial charge in [-0.25, -0.2) is 4.39 Å². The van der Waals surface area contributed by atoms with Gasteiger partial charge in [0.15, 0.2) is 6.10 Å². The van der Waals surface area contributed by atoms with Gasteiger partial charge in [0.25, 0.3) is 5.91 Å². The molecule has 2 aromatic rings. The summed E-state index contributed by atoms with van der Waals surface area (Å²) in [7, 11) is 0. The Morgan fingerprint density at radius 2 is 1.90 bits per heavy atom. The van der Waals surface area contributed by atoms with Gasteiger partial charge in [-0.3, -0.25) is 4.79 Å². The molecule has 0 unspecified atom stereocenters. The number of anilines is 1. The summed E-state index contributed by atoms with van der Waals surface area (Å²) in [5, 5.41) is 3.10. The van der Waals surface area contributed by atoms with Gasteiger partial charge in [-0.1, -0.05) is 35.3 Å². The molecular formula is C15H12Cl2FNO2. The van der Waals surface area contributed by atoms with E-state index in [0.29, 0.717) is 16.5 Å². The number of amides is 1. The molecule has 0 fully saturated rings. The van der Waals surface area contributed by atoms with Gasteiger partial charge in [0.2, 0.25) is 0 Å². The van der Waals surface area contributed by atoms with Gasteiger partial charge in [-0.15, -0.1) is 0 Å². The highest BCUT2D eigenvalue weighted by Gasteiger charge is 2.17. The maximum absolute atomic E-state index is 12.9. The number of hydrogen-bond donors (Lipinski definition) is 1. The summed E-state index contributed by atoms with van der Waals surface area (Å²) in [6.07, 6.45) is -0.786. The van der Waals surface area contributed by atoms with Crippen LogP contribution in [0, 0.1) is 5.82 Å². The molecule has 0 aliphatic heterocycles. The minimum absolute atomic E-state index is 0.119. The van der Waals surface area contributed by atoms with E-state index >= 15 is 0 Å². The van der Waals surface area contributed by atoms with Crippen molar-refractivity contribution in [3.8, 4) is 5.75 Å². The van der Waals surface area contributed by atoms with Crippen LogP contribution in [-0.4, -0.2) is 12.0 Å². The van der Waals surface area contributed by atoms with Gasteiger partial charge in [0.05, 0.1) is 15.7 Å². The van der Waals surface area contributed by atoms with Crippen LogP contribution in [0.2, 0.25) is 10.0 Å². The number of hydrogen-bond acceptors (Lipinski definition) is 2. The zero-order valence-corrected chi connectivity index (χ0v) is 12.6. The average Bonchev–Trinajstić information content (AvgIpc) is 2.44. The van der Waals surface area contributed by atoms with E-state index in [-0.39, 0.29) is 5.02 Å². The second kappa shape index (κ2) is 6.78. The smallest absolute Gasteiger partial charge is 0.265 e. The van der Waals surface area contributed by atoms with E-state index in [1.807, 2.05) is 0 Å². The molecule has 6 heteroatoms. The summed E-state index contributed by atoms with van der Waals surface area (Å²) in [5.41, 5.74) is 0.317. The van der Waals surface area contributed by atoms with E-state index in [1.165, 1.54) is 12.1 Å². The summed E-state index contributed by atoms with van der Waals surface area (Å²) in [5.74, 6) is -0.478. The third-order valence-electron chi connectivity index (χ3n) is 2.70. The summed E-state index contributed by atoms with van der Waals surface area (Å²) in [6, 6.07) is 10.6. The Bertz CT molecular complexity index is 664. The first-order valence-electron chi connectivity index (χ1n) is 6.14. The Balaban J connectivity index is 2.04. The van der Waals surface area contributed by atoms with Crippen molar-refractivity contribution in [2.45, 2.75) is 13.0 Å². The van der Waals surface area contributed by atoms with Gasteiger partial charge in [-0.05, 0) is 37.3 Å². The van der Waals surface area contributed by atoms with Crippen molar-refractivity contribution < 1.29 is 13.9 Å². The van der Waals surface area contributed by atoms with Crippen LogP contribution >= 0.6 is 23.2 Å². The molecule has 0 aromatic heterocycles. The fourth-order valence-electron chi connectivity index (χ4n) is 1.61. The Labute approximate surface area is 131 Å². The van der Waals surface area contributed by atoms with Crippen LogP contribution in [0.1, 0.15) is 6.92 Å². The molecule has 0 aliphatic rings. The second-order valence-corrected chi connectivity index (χ2v) is 5.12. The molecule has 0 heterocycles. The molecule has 1 amide bonds. The highest BCUT2D eigenvalue weighted by atomic mass is 35.5. The van der Waals surface area contributed by atoms with E-state index in [1.54, 1.807) is 31.2 Å². The number of halogens is 3. The zero-order chi connectivity index (χ0) is 15.4. The zero-order valence-electron chi connectivity index (χ0n) is 11.1. The topological polar surface area (TPSA) is 38.3 Å². The first kappa shape index (κ1) is 15.6. The normalized spacial score (nSPS) is 11.8. The number of carbonyl (C=O) groups excluding carboxylic acids is 1. The van der Waals surface area contributed by atoms with Crippen LogP contribution < -0.4 is 10.1 Å². The molecule has 1 N–H and O–H groups in total. The summed E-state index contributed by atoms with van der Waals surface area (Å²) < 4.78 is 18.4. The quantitative estimate of drug-likeness (QED) is 0.895. The Hall–Kier alpha value is -1.78. The third-order valence-corrected chi connectivity index (χ3v) is 3.32. The number of rotatable bonds is 4. The van der Waals surface area contributed by atoms with Crippen molar-refractivity contribution in [2.75, 3.05) is 5.32 Å². The van der Waals surface area contributed by atoms with Crippen molar-refractivity contribution in [2.24, 2.45) is 0 Å². The molecule has 0 spiro atoms. The lowest BCUT2D eigenvalue weighted by atomic mass is 10.3. The molecule has 110 valence electrons. The predicted molar refractivity (Wildman–Crippen MR) is 81.6 cm³/mol. The largest absolute Gasteiger partial charge is 0.479 e. The summed E-state index contributed by atoms with van der Waals surface area (Å²) in [4.78, 5) is 12.0. The van der Waals surface area contributed by atoms with Crippen LogP contribution in [0.4, 0.5) is 10.1 Å². The van der Waals surface area contributed by atoms with E-state index in [9.17, 15) is 9.18 Å². The molecule has 0 aliphatic carbocycles. The maximum atomic E-state index is 12.9.